The van der Waals surface area contributed by atoms with Crippen LogP contribution in [0.4, 0.5) is 11.4 Å². The second kappa shape index (κ2) is 5.66. The van der Waals surface area contributed by atoms with Crippen LogP contribution in [-0.4, -0.2) is 35.3 Å². The summed E-state index contributed by atoms with van der Waals surface area (Å²) >= 11 is 0. The fourth-order valence-corrected chi connectivity index (χ4v) is 2.01. The molecule has 1 atom stereocenters. The third-order valence-corrected chi connectivity index (χ3v) is 2.99. The van der Waals surface area contributed by atoms with Crippen molar-refractivity contribution in [1.82, 2.24) is 0 Å². The predicted molar refractivity (Wildman–Crippen MR) is 67.5 cm³/mol. The molecule has 2 rings (SSSR count). The van der Waals surface area contributed by atoms with Gasteiger partial charge in [0.2, 0.25) is 0 Å². The zero-order valence-electron chi connectivity index (χ0n) is 10.2. The molecule has 19 heavy (non-hydrogen) atoms. The molecule has 1 saturated heterocycles. The summed E-state index contributed by atoms with van der Waals surface area (Å²) in [6, 6.07) is 3.75. The molecule has 102 valence electrons. The summed E-state index contributed by atoms with van der Waals surface area (Å²) in [6.07, 6.45) is 2.00. The molecule has 0 aliphatic carbocycles. The number of rotatable bonds is 5. The van der Waals surface area contributed by atoms with Crippen molar-refractivity contribution in [3.05, 3.63) is 33.9 Å². The summed E-state index contributed by atoms with van der Waals surface area (Å²) < 4.78 is 5.42. The summed E-state index contributed by atoms with van der Waals surface area (Å²) in [6.45, 7) is 1.22. The zero-order valence-corrected chi connectivity index (χ0v) is 10.2. The minimum atomic E-state index is -1.20. The number of hydrogen-bond donors (Lipinski definition) is 2. The van der Waals surface area contributed by atoms with Crippen molar-refractivity contribution in [2.24, 2.45) is 0 Å². The number of anilines is 1. The fraction of sp³-hybridized carbons (Fsp3) is 0.417. The first-order valence-corrected chi connectivity index (χ1v) is 5.95. The van der Waals surface area contributed by atoms with E-state index < -0.39 is 10.9 Å². The van der Waals surface area contributed by atoms with E-state index in [1.54, 1.807) is 0 Å². The number of carbonyl (C=O) groups is 1. The number of aromatic carboxylic acids is 1. The van der Waals surface area contributed by atoms with Crippen molar-refractivity contribution in [3.8, 4) is 0 Å². The van der Waals surface area contributed by atoms with Crippen LogP contribution in [0.2, 0.25) is 0 Å². The Morgan fingerprint density at radius 2 is 2.37 bits per heavy atom. The molecule has 7 heteroatoms. The van der Waals surface area contributed by atoms with Crippen molar-refractivity contribution >= 4 is 17.3 Å². The smallest absolute Gasteiger partial charge is 0.338 e. The molecular formula is C12H14N2O5. The molecule has 1 aromatic carbocycles. The number of hydrogen-bond acceptors (Lipinski definition) is 5. The van der Waals surface area contributed by atoms with Crippen LogP contribution in [0.1, 0.15) is 23.2 Å². The van der Waals surface area contributed by atoms with Gasteiger partial charge in [-0.3, -0.25) is 10.1 Å². The maximum Gasteiger partial charge on any atom is 0.338 e. The van der Waals surface area contributed by atoms with Gasteiger partial charge in [-0.1, -0.05) is 0 Å². The summed E-state index contributed by atoms with van der Waals surface area (Å²) in [4.78, 5) is 21.1. The van der Waals surface area contributed by atoms with Gasteiger partial charge >= 0.3 is 5.97 Å². The molecule has 0 radical (unpaired) electrons. The average Bonchev–Trinajstić information content (AvgIpc) is 2.89. The Morgan fingerprint density at radius 1 is 1.58 bits per heavy atom. The molecular weight excluding hydrogens is 252 g/mol. The van der Waals surface area contributed by atoms with E-state index in [0.717, 1.165) is 25.5 Å². The van der Waals surface area contributed by atoms with Crippen LogP contribution in [0.15, 0.2) is 18.2 Å². The molecule has 1 heterocycles. The van der Waals surface area contributed by atoms with Gasteiger partial charge in [-0.15, -0.1) is 0 Å². The average molecular weight is 266 g/mol. The van der Waals surface area contributed by atoms with Crippen LogP contribution < -0.4 is 5.32 Å². The van der Waals surface area contributed by atoms with Gasteiger partial charge in [0.25, 0.3) is 5.69 Å². The van der Waals surface area contributed by atoms with E-state index in [4.69, 9.17) is 9.84 Å². The van der Waals surface area contributed by atoms with Crippen molar-refractivity contribution in [1.29, 1.82) is 0 Å². The van der Waals surface area contributed by atoms with Crippen molar-refractivity contribution < 1.29 is 19.6 Å². The normalized spacial score (nSPS) is 18.2. The summed E-state index contributed by atoms with van der Waals surface area (Å²) in [5, 5.41) is 22.7. The Bertz CT molecular complexity index is 497. The zero-order chi connectivity index (χ0) is 13.8. The molecule has 1 aliphatic rings. The highest BCUT2D eigenvalue weighted by Crippen LogP contribution is 2.23. The number of nitro groups is 1. The first kappa shape index (κ1) is 13.3. The minimum absolute atomic E-state index is 0.0665. The van der Waals surface area contributed by atoms with Crippen molar-refractivity contribution in [2.75, 3.05) is 18.5 Å². The van der Waals surface area contributed by atoms with Gasteiger partial charge in [-0.2, -0.15) is 0 Å². The maximum atomic E-state index is 11.1. The number of ether oxygens (including phenoxy) is 1. The van der Waals surface area contributed by atoms with E-state index in [9.17, 15) is 14.9 Å². The summed E-state index contributed by atoms with van der Waals surface area (Å²) in [5.41, 5.74) is 0.0286. The molecule has 7 nitrogen and oxygen atoms in total. The van der Waals surface area contributed by atoms with Crippen molar-refractivity contribution in [3.63, 3.8) is 0 Å². The lowest BCUT2D eigenvalue weighted by molar-refractivity contribution is -0.384. The lowest BCUT2D eigenvalue weighted by Crippen LogP contribution is -2.19. The Hall–Kier alpha value is -2.15. The second-order valence-corrected chi connectivity index (χ2v) is 4.31. The minimum Gasteiger partial charge on any atom is -0.478 e. The molecule has 0 aromatic heterocycles. The molecule has 2 N–H and O–H groups in total. The van der Waals surface area contributed by atoms with E-state index in [0.29, 0.717) is 12.2 Å². The maximum absolute atomic E-state index is 11.1. The molecule has 0 amide bonds. The summed E-state index contributed by atoms with van der Waals surface area (Å²) in [7, 11) is 0. The molecule has 0 unspecified atom stereocenters. The first-order chi connectivity index (χ1) is 9.08. The summed E-state index contributed by atoms with van der Waals surface area (Å²) in [5.74, 6) is -1.20. The van der Waals surface area contributed by atoms with E-state index in [1.807, 2.05) is 0 Å². The lowest BCUT2D eigenvalue weighted by atomic mass is 10.1. The molecule has 0 bridgehead atoms. The van der Waals surface area contributed by atoms with Crippen LogP contribution in [0.3, 0.4) is 0 Å². The monoisotopic (exact) mass is 266 g/mol. The first-order valence-electron chi connectivity index (χ1n) is 5.95. The topological polar surface area (TPSA) is 102 Å². The van der Waals surface area contributed by atoms with E-state index in [1.165, 1.54) is 12.1 Å². The number of benzene rings is 1. The number of carboxylic acid groups (broad SMARTS) is 1. The Morgan fingerprint density at radius 3 is 2.95 bits per heavy atom. The SMILES string of the molecule is O=C(O)c1cc([N+](=O)[O-])ccc1NC[C@H]1CCCO1. The van der Waals surface area contributed by atoms with E-state index in [2.05, 4.69) is 5.32 Å². The number of nitrogens with zero attached hydrogens (tertiary/aromatic N) is 1. The Balaban J connectivity index is 2.14. The number of nitro benzene ring substituents is 1. The van der Waals surface area contributed by atoms with Gasteiger partial charge in [0, 0.05) is 31.0 Å². The van der Waals surface area contributed by atoms with Gasteiger partial charge in [0.05, 0.1) is 16.6 Å². The molecule has 0 spiro atoms. The number of nitrogens with one attached hydrogen (secondary N) is 1. The molecule has 1 aromatic rings. The number of carboxylic acids is 1. The predicted octanol–water partition coefficient (Wildman–Crippen LogP) is 1.88. The number of non-ortho nitro benzene ring substituents is 1. The van der Waals surface area contributed by atoms with Crippen LogP contribution in [-0.2, 0) is 4.74 Å². The van der Waals surface area contributed by atoms with Gasteiger partial charge < -0.3 is 15.2 Å². The standard InChI is InChI=1S/C12H14N2O5/c15-12(16)10-6-8(14(17)18)3-4-11(10)13-7-9-2-1-5-19-9/h3-4,6,9,13H,1-2,5,7H2,(H,15,16)/t9-/m1/s1. The van der Waals surface area contributed by atoms with Crippen LogP contribution >= 0.6 is 0 Å². The molecule has 1 fully saturated rings. The quantitative estimate of drug-likeness (QED) is 0.623. The molecule has 0 saturated carbocycles. The van der Waals surface area contributed by atoms with Gasteiger partial charge in [0.1, 0.15) is 0 Å². The van der Waals surface area contributed by atoms with Crippen LogP contribution in [0, 0.1) is 10.1 Å². The van der Waals surface area contributed by atoms with Crippen molar-refractivity contribution in [2.45, 2.75) is 18.9 Å². The highest BCUT2D eigenvalue weighted by molar-refractivity contribution is 5.95. The highest BCUT2D eigenvalue weighted by atomic mass is 16.6. The van der Waals surface area contributed by atoms with Gasteiger partial charge in [0.15, 0.2) is 0 Å². The molecule has 1 aliphatic heterocycles. The lowest BCUT2D eigenvalue weighted by Gasteiger charge is -2.13. The Labute approximate surface area is 109 Å². The van der Waals surface area contributed by atoms with Gasteiger partial charge in [-0.25, -0.2) is 4.79 Å². The van der Waals surface area contributed by atoms with E-state index >= 15 is 0 Å². The third-order valence-electron chi connectivity index (χ3n) is 2.99. The second-order valence-electron chi connectivity index (χ2n) is 4.31. The largest absolute Gasteiger partial charge is 0.478 e. The van der Waals surface area contributed by atoms with E-state index in [-0.39, 0.29) is 17.4 Å². The highest BCUT2D eigenvalue weighted by Gasteiger charge is 2.19. The van der Waals surface area contributed by atoms with Crippen LogP contribution in [0.5, 0.6) is 0 Å². The van der Waals surface area contributed by atoms with Gasteiger partial charge in [-0.05, 0) is 18.9 Å². The van der Waals surface area contributed by atoms with Crippen LogP contribution in [0.25, 0.3) is 0 Å². The third kappa shape index (κ3) is 3.19. The fourth-order valence-electron chi connectivity index (χ4n) is 2.01. The Kier molecular flexibility index (Phi) is 3.96.